The summed E-state index contributed by atoms with van der Waals surface area (Å²) >= 11 is 3.51. The summed E-state index contributed by atoms with van der Waals surface area (Å²) in [7, 11) is 1.62. The first kappa shape index (κ1) is 24.0. The minimum Gasteiger partial charge on any atom is -0.481 e. The van der Waals surface area contributed by atoms with Gasteiger partial charge in [0.05, 0.1) is 26.0 Å². The number of morpholine rings is 1. The predicted octanol–water partition coefficient (Wildman–Crippen LogP) is 5.51. The van der Waals surface area contributed by atoms with Gasteiger partial charge in [-0.1, -0.05) is 35.7 Å². The average molecular weight is 531 g/mol. The number of hydrogen-bond donors (Lipinski definition) is 2. The van der Waals surface area contributed by atoms with E-state index in [1.165, 1.54) is 19.6 Å². The molecule has 0 spiro atoms. The summed E-state index contributed by atoms with van der Waals surface area (Å²) in [4.78, 5) is 26.8. The zero-order valence-electron chi connectivity index (χ0n) is 20.3. The summed E-state index contributed by atoms with van der Waals surface area (Å²) in [5, 5.41) is 3.51. The molecule has 0 radical (unpaired) electrons. The number of nitrogens with zero attached hydrogens (tertiary/aromatic N) is 2. The fourth-order valence-corrected chi connectivity index (χ4v) is 6.89. The molecule has 2 aliphatic rings. The van der Waals surface area contributed by atoms with Gasteiger partial charge in [-0.2, -0.15) is 0 Å². The molecular formula is C28H26N4O3S2. The van der Waals surface area contributed by atoms with Crippen LogP contribution in [0.25, 0.3) is 11.3 Å². The van der Waals surface area contributed by atoms with Gasteiger partial charge in [0, 0.05) is 74.5 Å². The normalized spacial score (nSPS) is 14.6. The lowest BCUT2D eigenvalue weighted by atomic mass is 10.1. The molecule has 0 unspecified atom stereocenters. The van der Waals surface area contributed by atoms with E-state index in [1.807, 2.05) is 12.1 Å². The number of aromatic nitrogens is 2. The number of nitrogens with one attached hydrogen (secondary N) is 2. The molecule has 0 saturated carbocycles. The number of H-pyrrole nitrogens is 1. The van der Waals surface area contributed by atoms with E-state index in [0.717, 1.165) is 41.3 Å². The average Bonchev–Trinajstić information content (AvgIpc) is 2.95. The fourth-order valence-electron chi connectivity index (χ4n) is 4.48. The standard InChI is InChI=1S/C28H26N4O3S2/c1-34-27-13-18(7-8-29-27)17-30-19-5-6-23-25(14-19)36-24-4-2-3-21(28(24)37-23)22-15-20(16-26(33)31-22)32-9-11-35-12-10-32/h2-8,13-16,30H,9-12,17H2,1H3,(H,31,33). The van der Waals surface area contributed by atoms with E-state index < -0.39 is 0 Å². The Kier molecular flexibility index (Phi) is 6.82. The number of hydrogen-bond acceptors (Lipinski definition) is 8. The zero-order valence-corrected chi connectivity index (χ0v) is 22.0. The Balaban J connectivity index is 1.25. The Morgan fingerprint density at radius 2 is 1.92 bits per heavy atom. The largest absolute Gasteiger partial charge is 0.481 e. The van der Waals surface area contributed by atoms with Crippen LogP contribution >= 0.6 is 23.5 Å². The maximum atomic E-state index is 12.6. The second kappa shape index (κ2) is 10.5. The summed E-state index contributed by atoms with van der Waals surface area (Å²) in [5.41, 5.74) is 4.90. The smallest absolute Gasteiger partial charge is 0.250 e. The van der Waals surface area contributed by atoms with Gasteiger partial charge in [-0.3, -0.25) is 4.79 Å². The number of ether oxygens (including phenoxy) is 2. The van der Waals surface area contributed by atoms with Crippen molar-refractivity contribution in [3.63, 3.8) is 0 Å². The number of methoxy groups -OCH3 is 1. The highest BCUT2D eigenvalue weighted by Gasteiger charge is 2.22. The van der Waals surface area contributed by atoms with E-state index in [2.05, 4.69) is 62.6 Å². The van der Waals surface area contributed by atoms with E-state index in [0.29, 0.717) is 25.6 Å². The van der Waals surface area contributed by atoms with Gasteiger partial charge in [0.25, 0.3) is 0 Å². The Bertz CT molecular complexity index is 1500. The molecule has 4 aromatic rings. The highest BCUT2D eigenvalue weighted by molar-refractivity contribution is 8.05. The number of anilines is 2. The van der Waals surface area contributed by atoms with Crippen molar-refractivity contribution in [1.82, 2.24) is 9.97 Å². The molecule has 2 aromatic carbocycles. The maximum Gasteiger partial charge on any atom is 0.250 e. The van der Waals surface area contributed by atoms with E-state index in [4.69, 9.17) is 9.47 Å². The highest BCUT2D eigenvalue weighted by Crippen LogP contribution is 2.52. The second-order valence-corrected chi connectivity index (χ2v) is 10.9. The van der Waals surface area contributed by atoms with Gasteiger partial charge in [-0.25, -0.2) is 4.98 Å². The van der Waals surface area contributed by atoms with Crippen LogP contribution in [0, 0.1) is 0 Å². The van der Waals surface area contributed by atoms with Crippen LogP contribution in [0.5, 0.6) is 5.88 Å². The molecule has 37 heavy (non-hydrogen) atoms. The molecule has 2 aromatic heterocycles. The molecule has 1 fully saturated rings. The van der Waals surface area contributed by atoms with Crippen LogP contribution in [0.3, 0.4) is 0 Å². The van der Waals surface area contributed by atoms with Gasteiger partial charge in [-0.15, -0.1) is 0 Å². The Labute approximate surface area is 223 Å². The van der Waals surface area contributed by atoms with Crippen molar-refractivity contribution in [2.75, 3.05) is 43.6 Å². The first-order valence-corrected chi connectivity index (χ1v) is 13.7. The van der Waals surface area contributed by atoms with Gasteiger partial charge in [0.15, 0.2) is 0 Å². The summed E-state index contributed by atoms with van der Waals surface area (Å²) in [6.45, 7) is 3.63. The molecule has 0 bridgehead atoms. The third-order valence-corrected chi connectivity index (χ3v) is 8.95. The van der Waals surface area contributed by atoms with E-state index in [-0.39, 0.29) is 5.56 Å². The molecule has 0 amide bonds. The third-order valence-electron chi connectivity index (χ3n) is 6.36. The van der Waals surface area contributed by atoms with E-state index in [9.17, 15) is 4.79 Å². The van der Waals surface area contributed by atoms with Crippen molar-refractivity contribution in [2.24, 2.45) is 0 Å². The molecule has 4 heterocycles. The highest BCUT2D eigenvalue weighted by atomic mass is 32.2. The monoisotopic (exact) mass is 530 g/mol. The predicted molar refractivity (Wildman–Crippen MR) is 148 cm³/mol. The van der Waals surface area contributed by atoms with Crippen molar-refractivity contribution in [3.8, 4) is 17.1 Å². The minimum absolute atomic E-state index is 0.0898. The van der Waals surface area contributed by atoms with Gasteiger partial charge in [0.1, 0.15) is 0 Å². The molecule has 0 atom stereocenters. The minimum atomic E-state index is -0.0898. The molecule has 2 N–H and O–H groups in total. The lowest BCUT2D eigenvalue weighted by Gasteiger charge is -2.29. The van der Waals surface area contributed by atoms with Crippen molar-refractivity contribution in [2.45, 2.75) is 26.1 Å². The molecular weight excluding hydrogens is 504 g/mol. The van der Waals surface area contributed by atoms with Crippen molar-refractivity contribution >= 4 is 34.9 Å². The van der Waals surface area contributed by atoms with Crippen LogP contribution in [-0.4, -0.2) is 43.4 Å². The topological polar surface area (TPSA) is 79.5 Å². The van der Waals surface area contributed by atoms with Crippen LogP contribution in [0.15, 0.2) is 91.2 Å². The number of aromatic amines is 1. The van der Waals surface area contributed by atoms with Gasteiger partial charge >= 0.3 is 0 Å². The lowest BCUT2D eigenvalue weighted by Crippen LogP contribution is -2.36. The number of fused-ring (bicyclic) bond motifs is 2. The summed E-state index contributed by atoms with van der Waals surface area (Å²) in [6, 6.07) is 20.4. The molecule has 2 aliphatic heterocycles. The van der Waals surface area contributed by atoms with Crippen LogP contribution < -0.4 is 20.5 Å². The van der Waals surface area contributed by atoms with Gasteiger partial charge in [-0.05, 0) is 42.0 Å². The first-order chi connectivity index (χ1) is 18.2. The molecule has 7 nitrogen and oxygen atoms in total. The van der Waals surface area contributed by atoms with Crippen LogP contribution in [0.2, 0.25) is 0 Å². The molecule has 9 heteroatoms. The van der Waals surface area contributed by atoms with Crippen LogP contribution in [0.4, 0.5) is 11.4 Å². The van der Waals surface area contributed by atoms with Crippen molar-refractivity contribution in [1.29, 1.82) is 0 Å². The van der Waals surface area contributed by atoms with E-state index in [1.54, 1.807) is 42.9 Å². The number of pyridine rings is 2. The number of rotatable bonds is 6. The lowest BCUT2D eigenvalue weighted by molar-refractivity contribution is 0.122. The third kappa shape index (κ3) is 5.20. The van der Waals surface area contributed by atoms with Gasteiger partial charge < -0.3 is 24.7 Å². The molecule has 6 rings (SSSR count). The SMILES string of the molecule is COc1cc(CNc2ccc3c(c2)Sc2cccc(-c4cc(N5CCOCC5)cc(=O)[nH]4)c2S3)ccn1. The Morgan fingerprint density at radius 3 is 2.78 bits per heavy atom. The second-order valence-electron chi connectivity index (χ2n) is 8.77. The molecule has 0 aliphatic carbocycles. The van der Waals surface area contributed by atoms with Crippen molar-refractivity contribution in [3.05, 3.63) is 82.8 Å². The summed E-state index contributed by atoms with van der Waals surface area (Å²) in [5.74, 6) is 0.612. The van der Waals surface area contributed by atoms with E-state index >= 15 is 0 Å². The maximum absolute atomic E-state index is 12.6. The number of benzene rings is 2. The fraction of sp³-hybridized carbons (Fsp3) is 0.214. The quantitative estimate of drug-likeness (QED) is 0.298. The van der Waals surface area contributed by atoms with Crippen LogP contribution in [0.1, 0.15) is 5.56 Å². The Hall–Kier alpha value is -3.40. The van der Waals surface area contributed by atoms with Crippen LogP contribution in [-0.2, 0) is 11.3 Å². The Morgan fingerprint density at radius 1 is 1.03 bits per heavy atom. The summed E-state index contributed by atoms with van der Waals surface area (Å²) in [6.07, 6.45) is 1.76. The summed E-state index contributed by atoms with van der Waals surface area (Å²) < 4.78 is 10.7. The van der Waals surface area contributed by atoms with Crippen molar-refractivity contribution < 1.29 is 9.47 Å². The molecule has 188 valence electrons. The van der Waals surface area contributed by atoms with Gasteiger partial charge in [0.2, 0.25) is 11.4 Å². The molecule has 1 saturated heterocycles. The first-order valence-electron chi connectivity index (χ1n) is 12.1. The zero-order chi connectivity index (χ0) is 25.2.